The average molecular weight is 336 g/mol. The second kappa shape index (κ2) is 8.70. The van der Waals surface area contributed by atoms with Crippen LogP contribution in [0.15, 0.2) is 12.2 Å². The van der Waals surface area contributed by atoms with Crippen LogP contribution in [0.5, 0.6) is 0 Å². The summed E-state index contributed by atoms with van der Waals surface area (Å²) >= 11 is 0. The summed E-state index contributed by atoms with van der Waals surface area (Å²) in [6, 6.07) is 0.254. The van der Waals surface area contributed by atoms with Crippen molar-refractivity contribution in [3.63, 3.8) is 0 Å². The fourth-order valence-corrected chi connectivity index (χ4v) is 3.55. The van der Waals surface area contributed by atoms with E-state index in [0.29, 0.717) is 6.42 Å². The van der Waals surface area contributed by atoms with Gasteiger partial charge in [-0.25, -0.2) is 0 Å². The van der Waals surface area contributed by atoms with E-state index in [9.17, 15) is 4.79 Å². The van der Waals surface area contributed by atoms with Gasteiger partial charge in [0.1, 0.15) is 0 Å². The van der Waals surface area contributed by atoms with Crippen LogP contribution in [0.2, 0.25) is 18.1 Å². The molecule has 23 heavy (non-hydrogen) atoms. The number of allylic oxidation sites excluding steroid dienone is 1. The Kier molecular flexibility index (Phi) is 7.56. The maximum Gasteiger partial charge on any atom is 0.220 e. The first kappa shape index (κ1) is 20.0. The number of rotatable bonds is 6. The van der Waals surface area contributed by atoms with Crippen LogP contribution in [-0.2, 0) is 9.22 Å². The van der Waals surface area contributed by atoms with Gasteiger partial charge in [0.05, 0.1) is 6.10 Å². The summed E-state index contributed by atoms with van der Waals surface area (Å²) in [5.74, 6) is 6.49. The van der Waals surface area contributed by atoms with Gasteiger partial charge in [-0.15, -0.1) is 5.92 Å². The lowest BCUT2D eigenvalue weighted by atomic mass is 10.1. The molecule has 1 amide bonds. The predicted molar refractivity (Wildman–Crippen MR) is 99.7 cm³/mol. The zero-order valence-corrected chi connectivity index (χ0v) is 16.7. The summed E-state index contributed by atoms with van der Waals surface area (Å²) in [4.78, 5) is 11.1. The number of hydrogen-bond donors (Lipinski definition) is 1. The molecule has 1 aliphatic rings. The van der Waals surface area contributed by atoms with Gasteiger partial charge in [-0.05, 0) is 31.0 Å². The Balaban J connectivity index is 2.38. The van der Waals surface area contributed by atoms with E-state index < -0.39 is 8.32 Å². The normalized spacial score (nSPS) is 20.3. The van der Waals surface area contributed by atoms with Gasteiger partial charge in [-0.3, -0.25) is 4.79 Å². The number of carbonyl (C=O) groups is 1. The van der Waals surface area contributed by atoms with Crippen LogP contribution in [0.1, 0.15) is 59.8 Å². The molecular weight excluding hydrogens is 302 g/mol. The van der Waals surface area contributed by atoms with Gasteiger partial charge in [0.2, 0.25) is 5.91 Å². The van der Waals surface area contributed by atoms with Crippen LogP contribution in [0.4, 0.5) is 0 Å². The Morgan fingerprint density at radius 2 is 2.09 bits per heavy atom. The molecule has 130 valence electrons. The largest absolute Gasteiger partial charge is 0.411 e. The van der Waals surface area contributed by atoms with Crippen LogP contribution in [0.3, 0.4) is 0 Å². The molecule has 0 bridgehead atoms. The zero-order valence-electron chi connectivity index (χ0n) is 15.7. The summed E-state index contributed by atoms with van der Waals surface area (Å²) in [6.45, 7) is 13.5. The van der Waals surface area contributed by atoms with Crippen molar-refractivity contribution in [3.05, 3.63) is 12.2 Å². The first-order valence-corrected chi connectivity index (χ1v) is 11.7. The van der Waals surface area contributed by atoms with Crippen LogP contribution < -0.4 is 5.32 Å². The molecule has 0 saturated carbocycles. The van der Waals surface area contributed by atoms with E-state index in [1.54, 1.807) is 0 Å². The second-order valence-corrected chi connectivity index (χ2v) is 12.6. The molecule has 1 heterocycles. The van der Waals surface area contributed by atoms with Gasteiger partial charge >= 0.3 is 0 Å². The highest BCUT2D eigenvalue weighted by molar-refractivity contribution is 6.74. The summed E-state index contributed by atoms with van der Waals surface area (Å²) in [5, 5.41) is 3.17. The molecule has 1 N–H and O–H groups in total. The van der Waals surface area contributed by atoms with Gasteiger partial charge < -0.3 is 9.74 Å². The van der Waals surface area contributed by atoms with Crippen molar-refractivity contribution < 1.29 is 9.22 Å². The van der Waals surface area contributed by atoms with Gasteiger partial charge in [-0.2, -0.15) is 0 Å². The molecule has 2 atom stereocenters. The highest BCUT2D eigenvalue weighted by atomic mass is 28.4. The molecule has 0 radical (unpaired) electrons. The molecule has 3 nitrogen and oxygen atoms in total. The van der Waals surface area contributed by atoms with Crippen molar-refractivity contribution in [3.8, 4) is 11.8 Å². The van der Waals surface area contributed by atoms with Gasteiger partial charge in [-0.1, -0.05) is 45.8 Å². The third-order valence-electron chi connectivity index (χ3n) is 4.78. The Hall–Kier alpha value is -1.05. The minimum absolute atomic E-state index is 0.158. The number of amides is 1. The van der Waals surface area contributed by atoms with Crippen molar-refractivity contribution in [1.29, 1.82) is 0 Å². The monoisotopic (exact) mass is 335 g/mol. The Bertz CT molecular complexity index is 480. The van der Waals surface area contributed by atoms with E-state index in [1.807, 2.05) is 0 Å². The van der Waals surface area contributed by atoms with Gasteiger partial charge in [0, 0.05) is 25.3 Å². The van der Waals surface area contributed by atoms with Gasteiger partial charge in [0.15, 0.2) is 8.32 Å². The molecule has 0 aromatic carbocycles. The maximum absolute atomic E-state index is 11.1. The molecule has 1 rings (SSSR count). The number of nitrogens with one attached hydrogen (secondary N) is 1. The summed E-state index contributed by atoms with van der Waals surface area (Å²) in [6.07, 6.45) is 8.52. The standard InChI is InChI=1S/C19H33NO2Si/c1-7-17(22-23(5,6)19(2,3)4)13-11-9-8-10-12-16-14-15-18(21)20-16/h11,13,16-17H,7,9,12,14-15H2,1-6H3,(H,20,21)/b13-11-/t16-,17+/m1/s1. The molecule has 1 saturated heterocycles. The number of hydrogen-bond acceptors (Lipinski definition) is 2. The van der Waals surface area contributed by atoms with Crippen LogP contribution >= 0.6 is 0 Å². The number of carbonyl (C=O) groups excluding carboxylic acids is 1. The van der Waals surface area contributed by atoms with Crippen LogP contribution in [0, 0.1) is 11.8 Å². The predicted octanol–water partition coefficient (Wildman–Crippen LogP) is 4.41. The first-order chi connectivity index (χ1) is 10.7. The molecule has 0 aliphatic carbocycles. The quantitative estimate of drug-likeness (QED) is 0.444. The zero-order chi connectivity index (χ0) is 17.5. The van der Waals surface area contributed by atoms with Crippen molar-refractivity contribution in [2.45, 2.75) is 90.1 Å². The molecule has 0 aromatic rings. The Morgan fingerprint density at radius 1 is 1.39 bits per heavy atom. The molecule has 1 aliphatic heterocycles. The van der Waals surface area contributed by atoms with Crippen molar-refractivity contribution in [2.24, 2.45) is 0 Å². The van der Waals surface area contributed by atoms with Crippen LogP contribution in [-0.4, -0.2) is 26.4 Å². The molecule has 0 unspecified atom stereocenters. The third-order valence-corrected chi connectivity index (χ3v) is 9.29. The highest BCUT2D eigenvalue weighted by Crippen LogP contribution is 2.37. The van der Waals surface area contributed by atoms with E-state index >= 15 is 0 Å². The van der Waals surface area contributed by atoms with Gasteiger partial charge in [0.25, 0.3) is 0 Å². The minimum atomic E-state index is -1.72. The summed E-state index contributed by atoms with van der Waals surface area (Å²) in [5.41, 5.74) is 0. The lowest BCUT2D eigenvalue weighted by molar-refractivity contribution is -0.119. The lowest BCUT2D eigenvalue weighted by Crippen LogP contribution is -2.43. The van der Waals surface area contributed by atoms with E-state index in [1.165, 1.54) is 0 Å². The fraction of sp³-hybridized carbons (Fsp3) is 0.737. The van der Waals surface area contributed by atoms with Crippen molar-refractivity contribution in [1.82, 2.24) is 5.32 Å². The molecule has 4 heteroatoms. The smallest absolute Gasteiger partial charge is 0.220 e. The topological polar surface area (TPSA) is 38.3 Å². The molecular formula is C19H33NO2Si. The maximum atomic E-state index is 11.1. The SMILES string of the molecule is CC[C@@H](/C=C\CC#CC[C@@H]1CCC(=O)N1)O[Si](C)(C)C(C)(C)C. The Morgan fingerprint density at radius 3 is 2.61 bits per heavy atom. The Labute approximate surface area is 143 Å². The average Bonchev–Trinajstić information content (AvgIpc) is 2.85. The lowest BCUT2D eigenvalue weighted by Gasteiger charge is -2.38. The summed E-state index contributed by atoms with van der Waals surface area (Å²) in [7, 11) is -1.72. The third kappa shape index (κ3) is 6.93. The molecule has 1 fully saturated rings. The van der Waals surface area contributed by atoms with E-state index in [4.69, 9.17) is 4.43 Å². The van der Waals surface area contributed by atoms with E-state index in [-0.39, 0.29) is 23.1 Å². The van der Waals surface area contributed by atoms with E-state index in [2.05, 4.69) is 70.1 Å². The summed E-state index contributed by atoms with van der Waals surface area (Å²) < 4.78 is 6.41. The second-order valence-electron chi connectivity index (χ2n) is 7.82. The van der Waals surface area contributed by atoms with Crippen LogP contribution in [0.25, 0.3) is 0 Å². The van der Waals surface area contributed by atoms with E-state index in [0.717, 1.165) is 25.7 Å². The fourth-order valence-electron chi connectivity index (χ4n) is 2.19. The molecule has 0 aromatic heterocycles. The first-order valence-electron chi connectivity index (χ1n) is 8.75. The highest BCUT2D eigenvalue weighted by Gasteiger charge is 2.38. The van der Waals surface area contributed by atoms with Crippen molar-refractivity contribution >= 4 is 14.2 Å². The molecule has 0 spiro atoms. The van der Waals surface area contributed by atoms with Crippen molar-refractivity contribution in [2.75, 3.05) is 0 Å². The minimum Gasteiger partial charge on any atom is -0.411 e.